The summed E-state index contributed by atoms with van der Waals surface area (Å²) in [7, 11) is 0. The quantitative estimate of drug-likeness (QED) is 0.757. The fourth-order valence-corrected chi connectivity index (χ4v) is 2.74. The Morgan fingerprint density at radius 1 is 0.952 bits per heavy atom. The van der Waals surface area contributed by atoms with Crippen LogP contribution in [0.3, 0.4) is 0 Å². The van der Waals surface area contributed by atoms with Crippen molar-refractivity contribution >= 4 is 28.2 Å². The zero-order valence-electron chi connectivity index (χ0n) is 12.0. The molecule has 4 heteroatoms. The smallest absolute Gasteiger partial charge is 0.159 e. The van der Waals surface area contributed by atoms with Gasteiger partial charge in [-0.2, -0.15) is 0 Å². The molecule has 2 aromatic carbocycles. The predicted molar refractivity (Wildman–Crippen MR) is 87.8 cm³/mol. The number of aromatic nitrogens is 2. The van der Waals surface area contributed by atoms with Crippen LogP contribution in [0.25, 0.3) is 10.8 Å². The highest BCUT2D eigenvalue weighted by Crippen LogP contribution is 2.28. The molecule has 1 heterocycles. The molecule has 1 atom stereocenters. The Kier molecular flexibility index (Phi) is 3.76. The second-order valence-electron chi connectivity index (χ2n) is 5.11. The van der Waals surface area contributed by atoms with Crippen molar-refractivity contribution in [2.24, 2.45) is 0 Å². The Morgan fingerprint density at radius 3 is 2.38 bits per heavy atom. The van der Waals surface area contributed by atoms with E-state index in [1.165, 1.54) is 11.1 Å². The maximum Gasteiger partial charge on any atom is 0.159 e. The van der Waals surface area contributed by atoms with Crippen LogP contribution in [0.5, 0.6) is 0 Å². The van der Waals surface area contributed by atoms with Crippen molar-refractivity contribution in [3.05, 3.63) is 64.8 Å². The average molecular weight is 298 g/mol. The van der Waals surface area contributed by atoms with Crippen molar-refractivity contribution in [1.29, 1.82) is 0 Å². The molecule has 1 unspecified atom stereocenters. The molecule has 0 saturated heterocycles. The van der Waals surface area contributed by atoms with E-state index >= 15 is 0 Å². The lowest BCUT2D eigenvalue weighted by atomic mass is 10.0. The van der Waals surface area contributed by atoms with E-state index in [0.717, 1.165) is 16.6 Å². The Hall–Kier alpha value is -2.13. The minimum Gasteiger partial charge on any atom is -0.362 e. The molecule has 0 aliphatic carbocycles. The first kappa shape index (κ1) is 13.8. The van der Waals surface area contributed by atoms with Gasteiger partial charge in [0.05, 0.1) is 6.04 Å². The third-order valence-electron chi connectivity index (χ3n) is 3.65. The first-order valence-electron chi connectivity index (χ1n) is 6.90. The molecule has 0 saturated carbocycles. The van der Waals surface area contributed by atoms with Crippen LogP contribution < -0.4 is 5.32 Å². The zero-order valence-corrected chi connectivity index (χ0v) is 12.7. The number of nitrogens with zero attached hydrogens (tertiary/aromatic N) is 2. The van der Waals surface area contributed by atoms with E-state index in [1.807, 2.05) is 36.4 Å². The first-order valence-corrected chi connectivity index (χ1v) is 7.27. The van der Waals surface area contributed by atoms with E-state index < -0.39 is 0 Å². The molecule has 0 bridgehead atoms. The molecule has 0 aliphatic heterocycles. The molecular weight excluding hydrogens is 282 g/mol. The summed E-state index contributed by atoms with van der Waals surface area (Å²) >= 11 is 6.11. The van der Waals surface area contributed by atoms with Gasteiger partial charge < -0.3 is 5.32 Å². The standard InChI is InChI=1S/C17H16ClN3/c1-11-7-3-4-8-13(11)12(2)19-17-15-10-6-5-9-14(15)16(18)20-21-17/h3-10,12H,1-2H3,(H,19,21). The Bertz CT molecular complexity index is 786. The number of rotatable bonds is 3. The van der Waals surface area contributed by atoms with Gasteiger partial charge in [-0.25, -0.2) is 0 Å². The molecule has 3 rings (SSSR count). The highest BCUT2D eigenvalue weighted by Gasteiger charge is 2.12. The topological polar surface area (TPSA) is 37.8 Å². The Balaban J connectivity index is 1.99. The van der Waals surface area contributed by atoms with Crippen LogP contribution in [0.2, 0.25) is 5.15 Å². The molecule has 21 heavy (non-hydrogen) atoms. The number of nitrogens with one attached hydrogen (secondary N) is 1. The second-order valence-corrected chi connectivity index (χ2v) is 5.47. The van der Waals surface area contributed by atoms with Gasteiger partial charge in [0.2, 0.25) is 0 Å². The van der Waals surface area contributed by atoms with Gasteiger partial charge in [-0.05, 0) is 25.0 Å². The minimum atomic E-state index is 0.144. The molecule has 1 aromatic heterocycles. The fourth-order valence-electron chi connectivity index (χ4n) is 2.53. The van der Waals surface area contributed by atoms with Crippen LogP contribution in [0.4, 0.5) is 5.82 Å². The first-order chi connectivity index (χ1) is 10.2. The summed E-state index contributed by atoms with van der Waals surface area (Å²) < 4.78 is 0. The molecule has 0 amide bonds. The third-order valence-corrected chi connectivity index (χ3v) is 3.93. The van der Waals surface area contributed by atoms with Crippen molar-refractivity contribution in [2.75, 3.05) is 5.32 Å². The normalized spacial score (nSPS) is 12.3. The number of fused-ring (bicyclic) bond motifs is 1. The number of hydrogen-bond acceptors (Lipinski definition) is 3. The summed E-state index contributed by atoms with van der Waals surface area (Å²) in [6, 6.07) is 16.4. The number of hydrogen-bond donors (Lipinski definition) is 1. The summed E-state index contributed by atoms with van der Waals surface area (Å²) in [5, 5.41) is 14.0. The molecular formula is C17H16ClN3. The fraction of sp³-hybridized carbons (Fsp3) is 0.176. The van der Waals surface area contributed by atoms with E-state index in [0.29, 0.717) is 5.15 Å². The van der Waals surface area contributed by atoms with Crippen LogP contribution in [-0.4, -0.2) is 10.2 Å². The number of halogens is 1. The van der Waals surface area contributed by atoms with Gasteiger partial charge in [-0.15, -0.1) is 10.2 Å². The maximum absolute atomic E-state index is 6.11. The third kappa shape index (κ3) is 2.69. The highest BCUT2D eigenvalue weighted by atomic mass is 35.5. The molecule has 106 valence electrons. The molecule has 0 radical (unpaired) electrons. The molecule has 0 spiro atoms. The van der Waals surface area contributed by atoms with E-state index in [4.69, 9.17) is 11.6 Å². The maximum atomic E-state index is 6.11. The number of benzene rings is 2. The Labute approximate surface area is 129 Å². The predicted octanol–water partition coefficient (Wildman–Crippen LogP) is 4.76. The van der Waals surface area contributed by atoms with Crippen LogP contribution in [0.15, 0.2) is 48.5 Å². The summed E-state index contributed by atoms with van der Waals surface area (Å²) in [5.74, 6) is 0.755. The van der Waals surface area contributed by atoms with E-state index in [-0.39, 0.29) is 6.04 Å². The molecule has 3 aromatic rings. The molecule has 3 nitrogen and oxygen atoms in total. The zero-order chi connectivity index (χ0) is 14.8. The second kappa shape index (κ2) is 5.70. The number of anilines is 1. The van der Waals surface area contributed by atoms with Crippen LogP contribution >= 0.6 is 11.6 Å². The van der Waals surface area contributed by atoms with Crippen LogP contribution in [0.1, 0.15) is 24.1 Å². The van der Waals surface area contributed by atoms with Crippen LogP contribution in [0, 0.1) is 6.92 Å². The molecule has 0 fully saturated rings. The van der Waals surface area contributed by atoms with Crippen molar-refractivity contribution in [3.63, 3.8) is 0 Å². The molecule has 0 aliphatic rings. The van der Waals surface area contributed by atoms with E-state index in [2.05, 4.69) is 41.5 Å². The highest BCUT2D eigenvalue weighted by molar-refractivity contribution is 6.34. The van der Waals surface area contributed by atoms with E-state index in [9.17, 15) is 0 Å². The minimum absolute atomic E-state index is 0.144. The lowest BCUT2D eigenvalue weighted by Gasteiger charge is -2.18. The van der Waals surface area contributed by atoms with Gasteiger partial charge in [0.1, 0.15) is 0 Å². The van der Waals surface area contributed by atoms with Gasteiger partial charge in [-0.1, -0.05) is 60.1 Å². The summed E-state index contributed by atoms with van der Waals surface area (Å²) in [6.45, 7) is 4.23. The van der Waals surface area contributed by atoms with Gasteiger partial charge in [0, 0.05) is 10.8 Å². The van der Waals surface area contributed by atoms with Crippen molar-refractivity contribution in [1.82, 2.24) is 10.2 Å². The SMILES string of the molecule is Cc1ccccc1C(C)Nc1nnc(Cl)c2ccccc12. The van der Waals surface area contributed by atoms with Gasteiger partial charge >= 0.3 is 0 Å². The monoisotopic (exact) mass is 297 g/mol. The Morgan fingerprint density at radius 2 is 1.62 bits per heavy atom. The average Bonchev–Trinajstić information content (AvgIpc) is 2.51. The number of aryl methyl sites for hydroxylation is 1. The van der Waals surface area contributed by atoms with Gasteiger partial charge in [0.25, 0.3) is 0 Å². The van der Waals surface area contributed by atoms with Crippen molar-refractivity contribution in [2.45, 2.75) is 19.9 Å². The molecule has 1 N–H and O–H groups in total. The summed E-state index contributed by atoms with van der Waals surface area (Å²) in [6.07, 6.45) is 0. The van der Waals surface area contributed by atoms with Gasteiger partial charge in [0.15, 0.2) is 11.0 Å². The van der Waals surface area contributed by atoms with Crippen LogP contribution in [-0.2, 0) is 0 Å². The van der Waals surface area contributed by atoms with Crippen molar-refractivity contribution < 1.29 is 0 Å². The van der Waals surface area contributed by atoms with Gasteiger partial charge in [-0.3, -0.25) is 0 Å². The summed E-state index contributed by atoms with van der Waals surface area (Å²) in [5.41, 5.74) is 2.50. The van der Waals surface area contributed by atoms with E-state index in [1.54, 1.807) is 0 Å². The largest absolute Gasteiger partial charge is 0.362 e. The lowest BCUT2D eigenvalue weighted by molar-refractivity contribution is 0.857. The summed E-state index contributed by atoms with van der Waals surface area (Å²) in [4.78, 5) is 0. The van der Waals surface area contributed by atoms with Crippen molar-refractivity contribution in [3.8, 4) is 0 Å². The lowest BCUT2D eigenvalue weighted by Crippen LogP contribution is -2.10.